The van der Waals surface area contributed by atoms with Gasteiger partial charge in [0.05, 0.1) is 12.2 Å². The number of carbonyl (C=O) groups excluding carboxylic acids is 1. The first-order valence-electron chi connectivity index (χ1n) is 8.06. The van der Waals surface area contributed by atoms with E-state index in [4.69, 9.17) is 0 Å². The van der Waals surface area contributed by atoms with Gasteiger partial charge in [-0.2, -0.15) is 0 Å². The lowest BCUT2D eigenvalue weighted by Gasteiger charge is -2.05. The quantitative estimate of drug-likeness (QED) is 0.544. The molecule has 6 nitrogen and oxygen atoms in total. The fourth-order valence-electron chi connectivity index (χ4n) is 2.96. The van der Waals surface area contributed by atoms with Gasteiger partial charge in [0, 0.05) is 27.6 Å². The number of halogens is 1. The monoisotopic (exact) mass is 410 g/mol. The van der Waals surface area contributed by atoms with E-state index in [0.29, 0.717) is 17.0 Å². The van der Waals surface area contributed by atoms with Gasteiger partial charge in [-0.05, 0) is 42.8 Å². The molecular weight excluding hydrogens is 396 g/mol. The lowest BCUT2D eigenvalue weighted by atomic mass is 10.2. The van der Waals surface area contributed by atoms with E-state index in [9.17, 15) is 9.59 Å². The topological polar surface area (TPSA) is 79.3 Å². The van der Waals surface area contributed by atoms with Gasteiger partial charge in [-0.15, -0.1) is 0 Å². The largest absolute Gasteiger partial charge is 0.350 e. The summed E-state index contributed by atoms with van der Waals surface area (Å²) in [6, 6.07) is 12.5. The predicted octanol–water partition coefficient (Wildman–Crippen LogP) is 3.18. The number of aromatic amines is 1. The van der Waals surface area contributed by atoms with Crippen molar-refractivity contribution >= 4 is 38.4 Å². The first-order chi connectivity index (χ1) is 12.5. The molecule has 3 aromatic heterocycles. The highest BCUT2D eigenvalue weighted by molar-refractivity contribution is 9.10. The standard InChI is InChI=1S/C19H15BrN4O2/c1-11-6-13(20)7-12-8-15(23-18(11)12)19(26)21-10-14-9-17(25)24-5-3-2-4-16(24)22-14/h2-9,23H,10H2,1H3,(H,21,26). The third kappa shape index (κ3) is 3.01. The minimum Gasteiger partial charge on any atom is -0.350 e. The highest BCUT2D eigenvalue weighted by Crippen LogP contribution is 2.24. The summed E-state index contributed by atoms with van der Waals surface area (Å²) in [5.74, 6) is -0.244. The number of nitrogens with one attached hydrogen (secondary N) is 2. The third-order valence-corrected chi connectivity index (χ3v) is 4.65. The average molecular weight is 411 g/mol. The number of nitrogens with zero attached hydrogens (tertiary/aromatic N) is 2. The van der Waals surface area contributed by atoms with Crippen LogP contribution >= 0.6 is 15.9 Å². The van der Waals surface area contributed by atoms with Crippen molar-refractivity contribution in [2.24, 2.45) is 0 Å². The number of fused-ring (bicyclic) bond motifs is 2. The van der Waals surface area contributed by atoms with Crippen LogP contribution in [0.3, 0.4) is 0 Å². The number of aromatic nitrogens is 3. The zero-order valence-electron chi connectivity index (χ0n) is 13.9. The summed E-state index contributed by atoms with van der Waals surface area (Å²) in [6.45, 7) is 2.16. The number of H-pyrrole nitrogens is 1. The van der Waals surface area contributed by atoms with E-state index in [1.807, 2.05) is 31.2 Å². The maximum Gasteiger partial charge on any atom is 0.268 e. The zero-order valence-corrected chi connectivity index (χ0v) is 15.5. The summed E-state index contributed by atoms with van der Waals surface area (Å²) in [4.78, 5) is 32.1. The third-order valence-electron chi connectivity index (χ3n) is 4.19. The van der Waals surface area contributed by atoms with Gasteiger partial charge in [0.2, 0.25) is 0 Å². The van der Waals surface area contributed by atoms with Crippen LogP contribution in [0.2, 0.25) is 0 Å². The van der Waals surface area contributed by atoms with Gasteiger partial charge in [-0.1, -0.05) is 22.0 Å². The van der Waals surface area contributed by atoms with E-state index in [0.717, 1.165) is 20.9 Å². The van der Waals surface area contributed by atoms with Crippen molar-refractivity contribution in [3.05, 3.63) is 80.4 Å². The van der Waals surface area contributed by atoms with Gasteiger partial charge >= 0.3 is 0 Å². The van der Waals surface area contributed by atoms with Gasteiger partial charge in [0.1, 0.15) is 11.3 Å². The Hall–Kier alpha value is -2.93. The summed E-state index contributed by atoms with van der Waals surface area (Å²) in [5, 5.41) is 3.77. The number of rotatable bonds is 3. The Morgan fingerprint density at radius 2 is 2.12 bits per heavy atom. The summed E-state index contributed by atoms with van der Waals surface area (Å²) in [7, 11) is 0. The van der Waals surface area contributed by atoms with E-state index in [2.05, 4.69) is 31.2 Å². The molecule has 0 aliphatic heterocycles. The van der Waals surface area contributed by atoms with Crippen LogP contribution in [0.4, 0.5) is 0 Å². The van der Waals surface area contributed by atoms with Crippen LogP contribution in [0.15, 0.2) is 57.9 Å². The molecule has 130 valence electrons. The molecule has 26 heavy (non-hydrogen) atoms. The highest BCUT2D eigenvalue weighted by atomic mass is 79.9. The van der Waals surface area contributed by atoms with Crippen molar-refractivity contribution in [3.8, 4) is 0 Å². The normalized spacial score (nSPS) is 11.2. The molecule has 0 saturated heterocycles. The Morgan fingerprint density at radius 1 is 1.27 bits per heavy atom. The van der Waals surface area contributed by atoms with Crippen molar-refractivity contribution in [3.63, 3.8) is 0 Å². The second-order valence-corrected chi connectivity index (χ2v) is 6.98. The number of benzene rings is 1. The molecule has 1 aromatic carbocycles. The smallest absolute Gasteiger partial charge is 0.268 e. The second kappa shape index (κ2) is 6.42. The molecule has 4 rings (SSSR count). The molecule has 4 aromatic rings. The van der Waals surface area contributed by atoms with Gasteiger partial charge in [0.25, 0.3) is 11.5 Å². The Bertz CT molecular complexity index is 1210. The van der Waals surface area contributed by atoms with Crippen LogP contribution in [-0.4, -0.2) is 20.3 Å². The SMILES string of the molecule is Cc1cc(Br)cc2cc(C(=O)NCc3cc(=O)n4ccccc4n3)[nH]c12. The molecule has 0 atom stereocenters. The van der Waals surface area contributed by atoms with E-state index in [1.165, 1.54) is 10.5 Å². The molecule has 0 aliphatic rings. The number of aryl methyl sites for hydroxylation is 1. The van der Waals surface area contributed by atoms with Crippen LogP contribution in [-0.2, 0) is 6.54 Å². The van der Waals surface area contributed by atoms with Crippen molar-refractivity contribution < 1.29 is 4.79 Å². The fourth-order valence-corrected chi connectivity index (χ4v) is 3.55. The Balaban J connectivity index is 1.57. The fraction of sp³-hybridized carbons (Fsp3) is 0.105. The average Bonchev–Trinajstić information content (AvgIpc) is 3.04. The predicted molar refractivity (Wildman–Crippen MR) is 103 cm³/mol. The molecule has 0 spiro atoms. The van der Waals surface area contributed by atoms with Crippen molar-refractivity contribution in [1.29, 1.82) is 0 Å². The zero-order chi connectivity index (χ0) is 18.3. The van der Waals surface area contributed by atoms with Crippen LogP contribution in [0, 0.1) is 6.92 Å². The molecule has 0 radical (unpaired) electrons. The number of carbonyl (C=O) groups is 1. The molecule has 0 saturated carbocycles. The lowest BCUT2D eigenvalue weighted by molar-refractivity contribution is 0.0946. The van der Waals surface area contributed by atoms with Gasteiger partial charge in [-0.3, -0.25) is 14.0 Å². The number of amides is 1. The van der Waals surface area contributed by atoms with Crippen molar-refractivity contribution in [1.82, 2.24) is 19.7 Å². The molecule has 1 amide bonds. The van der Waals surface area contributed by atoms with Crippen LogP contribution in [0.5, 0.6) is 0 Å². The van der Waals surface area contributed by atoms with E-state index in [1.54, 1.807) is 18.3 Å². The van der Waals surface area contributed by atoms with E-state index >= 15 is 0 Å². The van der Waals surface area contributed by atoms with Crippen molar-refractivity contribution in [2.45, 2.75) is 13.5 Å². The van der Waals surface area contributed by atoms with Crippen LogP contribution < -0.4 is 10.9 Å². The number of pyridine rings is 1. The highest BCUT2D eigenvalue weighted by Gasteiger charge is 2.12. The number of hydrogen-bond acceptors (Lipinski definition) is 3. The lowest BCUT2D eigenvalue weighted by Crippen LogP contribution is -2.25. The minimum atomic E-state index is -0.244. The molecule has 0 bridgehead atoms. The summed E-state index contributed by atoms with van der Waals surface area (Å²) < 4.78 is 2.43. The maximum atomic E-state index is 12.5. The molecule has 2 N–H and O–H groups in total. The maximum absolute atomic E-state index is 12.5. The van der Waals surface area contributed by atoms with E-state index in [-0.39, 0.29) is 18.0 Å². The molecule has 0 unspecified atom stereocenters. The minimum absolute atomic E-state index is 0.175. The second-order valence-electron chi connectivity index (χ2n) is 6.07. The summed E-state index contributed by atoms with van der Waals surface area (Å²) >= 11 is 3.46. The van der Waals surface area contributed by atoms with Gasteiger partial charge < -0.3 is 10.3 Å². The summed E-state index contributed by atoms with van der Waals surface area (Å²) in [5.41, 5.74) is 3.35. The van der Waals surface area contributed by atoms with E-state index < -0.39 is 0 Å². The molecule has 0 fully saturated rings. The molecular formula is C19H15BrN4O2. The molecule has 7 heteroatoms. The Labute approximate surface area is 157 Å². The van der Waals surface area contributed by atoms with Crippen LogP contribution in [0.25, 0.3) is 16.6 Å². The van der Waals surface area contributed by atoms with Gasteiger partial charge in [-0.25, -0.2) is 4.98 Å². The summed E-state index contributed by atoms with van der Waals surface area (Å²) in [6.07, 6.45) is 1.66. The Kier molecular flexibility index (Phi) is 4.08. The first-order valence-corrected chi connectivity index (χ1v) is 8.85. The van der Waals surface area contributed by atoms with Gasteiger partial charge in [0.15, 0.2) is 0 Å². The molecule has 3 heterocycles. The number of hydrogen-bond donors (Lipinski definition) is 2. The molecule has 0 aliphatic carbocycles. The first kappa shape index (κ1) is 16.5. The van der Waals surface area contributed by atoms with Crippen molar-refractivity contribution in [2.75, 3.05) is 0 Å². The Morgan fingerprint density at radius 3 is 2.96 bits per heavy atom. The van der Waals surface area contributed by atoms with Crippen LogP contribution in [0.1, 0.15) is 21.7 Å².